The van der Waals surface area contributed by atoms with Crippen molar-refractivity contribution in [1.82, 2.24) is 0 Å². The van der Waals surface area contributed by atoms with Crippen LogP contribution in [0.15, 0.2) is 36.4 Å². The molecule has 33 heavy (non-hydrogen) atoms. The Kier molecular flexibility index (Phi) is 6.92. The van der Waals surface area contributed by atoms with Crippen molar-refractivity contribution < 1.29 is 33.4 Å². The molecule has 0 saturated carbocycles. The van der Waals surface area contributed by atoms with Crippen LogP contribution in [0.1, 0.15) is 41.0 Å². The van der Waals surface area contributed by atoms with Crippen LogP contribution in [0.3, 0.4) is 0 Å². The van der Waals surface area contributed by atoms with Crippen LogP contribution in [0.25, 0.3) is 0 Å². The molecule has 0 unspecified atom stereocenters. The normalized spacial score (nSPS) is 14.1. The monoisotopic (exact) mass is 474 g/mol. The van der Waals surface area contributed by atoms with Gasteiger partial charge in [0.25, 0.3) is 5.91 Å². The van der Waals surface area contributed by atoms with E-state index in [1.54, 1.807) is 32.0 Å². The van der Waals surface area contributed by atoms with Gasteiger partial charge in [-0.25, -0.2) is 9.59 Å². The van der Waals surface area contributed by atoms with Gasteiger partial charge in [-0.3, -0.25) is 9.59 Å². The fraction of sp³-hybridized carbons (Fsp3) is 0.304. The van der Waals surface area contributed by atoms with Crippen molar-refractivity contribution in [2.75, 3.05) is 31.0 Å². The van der Waals surface area contributed by atoms with Crippen LogP contribution in [0.5, 0.6) is 5.75 Å². The highest BCUT2D eigenvalue weighted by Gasteiger charge is 2.41. The first-order valence-corrected chi connectivity index (χ1v) is 10.4. The number of nitrogens with one attached hydrogen (secondary N) is 1. The molecule has 0 spiro atoms. The van der Waals surface area contributed by atoms with Crippen molar-refractivity contribution >= 4 is 46.7 Å². The maximum absolute atomic E-state index is 12.9. The average molecular weight is 475 g/mol. The predicted molar refractivity (Wildman–Crippen MR) is 121 cm³/mol. The number of ether oxygens (including phenoxy) is 3. The number of carbonyl (C=O) groups excluding carboxylic acids is 4. The van der Waals surface area contributed by atoms with E-state index in [4.69, 9.17) is 25.8 Å². The molecule has 0 atom stereocenters. The van der Waals surface area contributed by atoms with E-state index in [0.29, 0.717) is 16.5 Å². The average Bonchev–Trinajstić information content (AvgIpc) is 2.78. The summed E-state index contributed by atoms with van der Waals surface area (Å²) in [7, 11) is 2.41. The molecule has 9 nitrogen and oxygen atoms in total. The quantitative estimate of drug-likeness (QED) is 0.638. The highest BCUT2D eigenvalue weighted by atomic mass is 35.5. The summed E-state index contributed by atoms with van der Waals surface area (Å²) in [5, 5.41) is 3.07. The first kappa shape index (κ1) is 24.1. The lowest BCUT2D eigenvalue weighted by Crippen LogP contribution is -2.53. The number of methoxy groups -OCH3 is 2. The highest BCUT2D eigenvalue weighted by Crippen LogP contribution is 2.39. The number of esters is 2. The molecule has 2 amide bonds. The number of hydrogen-bond donors (Lipinski definition) is 1. The molecule has 3 rings (SSSR count). The number of nitrogens with zero attached hydrogens (tertiary/aromatic N) is 1. The number of anilines is 2. The Morgan fingerprint density at radius 2 is 1.64 bits per heavy atom. The number of amides is 2. The molecule has 1 N–H and O–H groups in total. The maximum atomic E-state index is 12.9. The van der Waals surface area contributed by atoms with Crippen molar-refractivity contribution in [1.29, 1.82) is 0 Å². The van der Waals surface area contributed by atoms with Crippen molar-refractivity contribution in [3.05, 3.63) is 52.5 Å². The van der Waals surface area contributed by atoms with Crippen molar-refractivity contribution in [3.8, 4) is 5.75 Å². The van der Waals surface area contributed by atoms with Crippen LogP contribution in [0.4, 0.5) is 11.4 Å². The minimum absolute atomic E-state index is 0.0609. The molecule has 2 aromatic rings. The number of carbonyl (C=O) groups is 4. The minimum Gasteiger partial charge on any atom is -0.476 e. The third-order valence-electron chi connectivity index (χ3n) is 4.96. The van der Waals surface area contributed by atoms with Crippen molar-refractivity contribution in [2.24, 2.45) is 0 Å². The summed E-state index contributed by atoms with van der Waals surface area (Å²) in [6.07, 6.45) is -0.0657. The second kappa shape index (κ2) is 9.50. The van der Waals surface area contributed by atoms with E-state index in [-0.39, 0.29) is 35.7 Å². The number of halogens is 1. The van der Waals surface area contributed by atoms with Gasteiger partial charge in [-0.2, -0.15) is 0 Å². The van der Waals surface area contributed by atoms with Crippen LogP contribution in [0.2, 0.25) is 5.02 Å². The van der Waals surface area contributed by atoms with Crippen LogP contribution < -0.4 is 15.0 Å². The van der Waals surface area contributed by atoms with Gasteiger partial charge in [-0.05, 0) is 50.2 Å². The minimum atomic E-state index is -1.11. The molecule has 0 bridgehead atoms. The van der Waals surface area contributed by atoms with Crippen molar-refractivity contribution in [2.45, 2.75) is 25.9 Å². The Balaban J connectivity index is 1.79. The predicted octanol–water partition coefficient (Wildman–Crippen LogP) is 3.45. The second-order valence-corrected chi connectivity index (χ2v) is 8.20. The molecule has 0 aromatic heterocycles. The lowest BCUT2D eigenvalue weighted by molar-refractivity contribution is -0.132. The summed E-state index contributed by atoms with van der Waals surface area (Å²) in [5.74, 6) is -1.62. The van der Waals surface area contributed by atoms with Crippen LogP contribution in [-0.2, 0) is 19.1 Å². The zero-order valence-electron chi connectivity index (χ0n) is 18.6. The SMILES string of the molecule is COC(=O)c1cc(NC(=O)CCN2C(=O)C(C)(C)Oc3ccc(Cl)cc32)cc(C(=O)OC)c1. The molecule has 0 saturated heterocycles. The zero-order valence-corrected chi connectivity index (χ0v) is 19.3. The van der Waals surface area contributed by atoms with Gasteiger partial charge in [-0.1, -0.05) is 11.6 Å². The fourth-order valence-electron chi connectivity index (χ4n) is 3.37. The number of hydrogen-bond acceptors (Lipinski definition) is 7. The molecule has 0 aliphatic carbocycles. The van der Waals surface area contributed by atoms with E-state index >= 15 is 0 Å². The van der Waals surface area contributed by atoms with E-state index < -0.39 is 23.4 Å². The first-order chi connectivity index (χ1) is 15.6. The Labute approximate surface area is 195 Å². The van der Waals surface area contributed by atoms with Gasteiger partial charge in [0.15, 0.2) is 5.60 Å². The maximum Gasteiger partial charge on any atom is 0.337 e. The van der Waals surface area contributed by atoms with Crippen LogP contribution >= 0.6 is 11.6 Å². The summed E-state index contributed by atoms with van der Waals surface area (Å²) < 4.78 is 15.2. The van der Waals surface area contributed by atoms with Gasteiger partial charge in [0.05, 0.1) is 31.0 Å². The third kappa shape index (κ3) is 5.25. The zero-order chi connectivity index (χ0) is 24.3. The third-order valence-corrected chi connectivity index (χ3v) is 5.19. The Hall–Kier alpha value is -3.59. The second-order valence-electron chi connectivity index (χ2n) is 7.76. The molecule has 1 aliphatic heterocycles. The van der Waals surface area contributed by atoms with Gasteiger partial charge in [0.1, 0.15) is 5.75 Å². The molecule has 0 fully saturated rings. The standard InChI is InChI=1S/C23H23ClN2O7/c1-23(2)22(30)26(17-12-15(24)5-6-18(17)33-23)8-7-19(27)25-16-10-13(20(28)31-3)9-14(11-16)21(29)32-4/h5-6,9-12H,7-8H2,1-4H3,(H,25,27). The van der Waals surface area contributed by atoms with E-state index in [2.05, 4.69) is 5.32 Å². The van der Waals surface area contributed by atoms with Crippen LogP contribution in [0, 0.1) is 0 Å². The summed E-state index contributed by atoms with van der Waals surface area (Å²) >= 11 is 6.09. The Morgan fingerprint density at radius 1 is 1.03 bits per heavy atom. The van der Waals surface area contributed by atoms with Gasteiger partial charge < -0.3 is 24.4 Å². The molecular weight excluding hydrogens is 452 g/mol. The molecule has 2 aromatic carbocycles. The summed E-state index contributed by atoms with van der Waals surface area (Å²) in [6, 6.07) is 9.01. The number of rotatable bonds is 6. The van der Waals surface area contributed by atoms with E-state index in [1.807, 2.05) is 0 Å². The molecule has 10 heteroatoms. The topological polar surface area (TPSA) is 111 Å². The lowest BCUT2D eigenvalue weighted by atomic mass is 10.0. The summed E-state index contributed by atoms with van der Waals surface area (Å²) in [4.78, 5) is 50.9. The fourth-order valence-corrected chi connectivity index (χ4v) is 3.54. The number of benzene rings is 2. The largest absolute Gasteiger partial charge is 0.476 e. The molecular formula is C23H23ClN2O7. The Bertz CT molecular complexity index is 1100. The number of fused-ring (bicyclic) bond motifs is 1. The van der Waals surface area contributed by atoms with Gasteiger partial charge in [0, 0.05) is 23.7 Å². The molecule has 174 valence electrons. The summed E-state index contributed by atoms with van der Waals surface area (Å²) in [5.41, 5.74) is -0.281. The van der Waals surface area contributed by atoms with Gasteiger partial charge >= 0.3 is 11.9 Å². The molecule has 1 heterocycles. The lowest BCUT2D eigenvalue weighted by Gasteiger charge is -2.38. The van der Waals surface area contributed by atoms with Gasteiger partial charge in [0.2, 0.25) is 5.91 Å². The van der Waals surface area contributed by atoms with E-state index in [0.717, 1.165) is 0 Å². The molecule has 1 aliphatic rings. The molecule has 0 radical (unpaired) electrons. The highest BCUT2D eigenvalue weighted by molar-refractivity contribution is 6.31. The smallest absolute Gasteiger partial charge is 0.337 e. The summed E-state index contributed by atoms with van der Waals surface area (Å²) in [6.45, 7) is 3.35. The van der Waals surface area contributed by atoms with E-state index in [9.17, 15) is 19.2 Å². The Morgan fingerprint density at radius 3 is 2.21 bits per heavy atom. The van der Waals surface area contributed by atoms with Crippen molar-refractivity contribution in [3.63, 3.8) is 0 Å². The van der Waals surface area contributed by atoms with Crippen LogP contribution in [-0.4, -0.2) is 50.1 Å². The van der Waals surface area contributed by atoms with E-state index in [1.165, 1.54) is 37.3 Å². The van der Waals surface area contributed by atoms with Gasteiger partial charge in [-0.15, -0.1) is 0 Å². The first-order valence-electron chi connectivity index (χ1n) is 9.98.